The van der Waals surface area contributed by atoms with Crippen LogP contribution in [0.15, 0.2) is 0 Å². The molecule has 4 fully saturated rings. The lowest BCUT2D eigenvalue weighted by molar-refractivity contribution is -0.221. The lowest BCUT2D eigenvalue weighted by Crippen LogP contribution is -2.73. The van der Waals surface area contributed by atoms with Gasteiger partial charge in [-0.05, 0) is 179 Å². The Hall–Kier alpha value is -2.28. The second-order valence-corrected chi connectivity index (χ2v) is 23.9. The molecule has 0 aromatic heterocycles. The van der Waals surface area contributed by atoms with Crippen LogP contribution in [0.5, 0.6) is 0 Å². The van der Waals surface area contributed by atoms with Gasteiger partial charge in [-0.3, -0.25) is 19.2 Å². The van der Waals surface area contributed by atoms with E-state index in [0.717, 1.165) is 0 Å². The highest BCUT2D eigenvalue weighted by Gasteiger charge is 2.79. The van der Waals surface area contributed by atoms with Crippen molar-refractivity contribution in [2.75, 3.05) is 0 Å². The Kier molecular flexibility index (Phi) is 12.0. The van der Waals surface area contributed by atoms with Crippen molar-refractivity contribution in [2.24, 2.45) is 34.5 Å². The lowest BCUT2D eigenvalue weighted by Gasteiger charge is -2.60. The van der Waals surface area contributed by atoms with Crippen LogP contribution in [0, 0.1) is 34.5 Å². The van der Waals surface area contributed by atoms with Gasteiger partial charge in [-0.25, -0.2) is 0 Å². The number of ether oxygens (including phenoxy) is 1. The van der Waals surface area contributed by atoms with E-state index in [1.54, 1.807) is 0 Å². The van der Waals surface area contributed by atoms with Crippen LogP contribution in [-0.2, 0) is 23.9 Å². The van der Waals surface area contributed by atoms with E-state index in [4.69, 9.17) is 4.74 Å². The minimum Gasteiger partial charge on any atom is -0.481 e. The molecule has 0 aromatic carbocycles. The molecule has 2 unspecified atom stereocenters. The van der Waals surface area contributed by atoms with E-state index in [-0.39, 0.29) is 36.3 Å². The molecule has 12 nitrogen and oxygen atoms in total. The summed E-state index contributed by atoms with van der Waals surface area (Å²) in [4.78, 5) is 59.4. The standard InChI is InChI=1S/C44H78N4O8/c1-35(2)18-26(19-36(3,4)45-35)17-30(27-20-37(5,6)46-38(7,8)21-27)43(31(49)50,28-22-39(9,10)47-40(11,12)23-28)44(32(51)52,33(53)54)34(55)56-29-24-41(13,14)48-42(15,16)25-29/h26-30,45-48H,17-25H2,1-16H3,(H,49,50)(H,51,52)(H,53,54). The Labute approximate surface area is 337 Å². The maximum absolute atomic E-state index is 15.4. The number of hydrogen-bond donors (Lipinski definition) is 7. The molecule has 0 amide bonds. The van der Waals surface area contributed by atoms with Crippen LogP contribution in [0.25, 0.3) is 0 Å². The van der Waals surface area contributed by atoms with Gasteiger partial charge in [-0.1, -0.05) is 0 Å². The average molecular weight is 791 g/mol. The molecule has 322 valence electrons. The zero-order chi connectivity index (χ0) is 43.1. The van der Waals surface area contributed by atoms with Gasteiger partial charge in [0.15, 0.2) is 0 Å². The number of rotatable bonds is 11. The lowest BCUT2D eigenvalue weighted by atomic mass is 9.43. The first kappa shape index (κ1) is 46.4. The van der Waals surface area contributed by atoms with Crippen molar-refractivity contribution in [1.82, 2.24) is 21.3 Å². The molecule has 4 aliphatic heterocycles. The van der Waals surface area contributed by atoms with Gasteiger partial charge in [0.1, 0.15) is 11.5 Å². The normalized spacial score (nSPS) is 29.0. The third-order valence-corrected chi connectivity index (χ3v) is 13.4. The van der Waals surface area contributed by atoms with Crippen molar-refractivity contribution in [2.45, 2.75) is 219 Å². The highest BCUT2D eigenvalue weighted by Crippen LogP contribution is 2.63. The fourth-order valence-electron chi connectivity index (χ4n) is 13.9. The van der Waals surface area contributed by atoms with Gasteiger partial charge in [-0.15, -0.1) is 0 Å². The van der Waals surface area contributed by atoms with Crippen LogP contribution in [0.3, 0.4) is 0 Å². The summed E-state index contributed by atoms with van der Waals surface area (Å²) in [5, 5.41) is 50.3. The van der Waals surface area contributed by atoms with Gasteiger partial charge in [0, 0.05) is 57.2 Å². The summed E-state index contributed by atoms with van der Waals surface area (Å²) >= 11 is 0. The Bertz CT molecular complexity index is 1470. The number of piperidine rings is 4. The van der Waals surface area contributed by atoms with E-state index < -0.39 is 91.8 Å². The molecule has 0 saturated carbocycles. The predicted molar refractivity (Wildman–Crippen MR) is 218 cm³/mol. The molecule has 0 bridgehead atoms. The van der Waals surface area contributed by atoms with Gasteiger partial charge < -0.3 is 41.3 Å². The Morgan fingerprint density at radius 2 is 0.839 bits per heavy atom. The first-order valence-electron chi connectivity index (χ1n) is 21.0. The third-order valence-electron chi connectivity index (χ3n) is 13.4. The number of esters is 1. The molecule has 4 heterocycles. The van der Waals surface area contributed by atoms with Gasteiger partial charge in [-0.2, -0.15) is 0 Å². The highest BCUT2D eigenvalue weighted by molar-refractivity contribution is 6.20. The van der Waals surface area contributed by atoms with Crippen molar-refractivity contribution >= 4 is 23.9 Å². The number of aliphatic carboxylic acids is 3. The molecule has 4 aliphatic rings. The molecule has 4 saturated heterocycles. The SMILES string of the molecule is CC1(C)CC(CC(C2CC(C)(C)NC(C)(C)C2)C(C(=O)O)(C2CC(C)(C)NC(C)(C)C2)C(C(=O)O)(C(=O)O)C(=O)OC2CC(C)(C)NC(C)(C)C2)CC(C)(C)N1. The van der Waals surface area contributed by atoms with Gasteiger partial charge in [0.2, 0.25) is 0 Å². The molecule has 0 aromatic rings. The minimum absolute atomic E-state index is 0.101. The van der Waals surface area contributed by atoms with Crippen LogP contribution in [0.4, 0.5) is 0 Å². The number of carbonyl (C=O) groups excluding carboxylic acids is 1. The second-order valence-electron chi connectivity index (χ2n) is 23.9. The summed E-state index contributed by atoms with van der Waals surface area (Å²) in [5.74, 6) is -9.65. The number of carbonyl (C=O) groups is 4. The van der Waals surface area contributed by atoms with Crippen molar-refractivity contribution in [1.29, 1.82) is 0 Å². The molecule has 0 aliphatic carbocycles. The molecule has 7 N–H and O–H groups in total. The summed E-state index contributed by atoms with van der Waals surface area (Å²) in [7, 11) is 0. The van der Waals surface area contributed by atoms with Crippen molar-refractivity contribution in [3.63, 3.8) is 0 Å². The zero-order valence-electron chi connectivity index (χ0n) is 37.6. The second kappa shape index (κ2) is 14.5. The maximum Gasteiger partial charge on any atom is 0.336 e. The topological polar surface area (TPSA) is 186 Å². The fraction of sp³-hybridized carbons (Fsp3) is 0.909. The van der Waals surface area contributed by atoms with Crippen LogP contribution in [0.1, 0.15) is 169 Å². The quantitative estimate of drug-likeness (QED) is 0.0865. The third kappa shape index (κ3) is 9.44. The van der Waals surface area contributed by atoms with Crippen molar-refractivity contribution < 1.29 is 39.2 Å². The first-order valence-corrected chi connectivity index (χ1v) is 21.0. The van der Waals surface area contributed by atoms with Gasteiger partial charge in [0.25, 0.3) is 5.41 Å². The minimum atomic E-state index is -3.48. The summed E-state index contributed by atoms with van der Waals surface area (Å²) in [5.41, 5.74) is -10.3. The molecule has 56 heavy (non-hydrogen) atoms. The first-order chi connectivity index (χ1) is 24.9. The summed E-state index contributed by atoms with van der Waals surface area (Å²) < 4.78 is 6.24. The highest BCUT2D eigenvalue weighted by atomic mass is 16.6. The van der Waals surface area contributed by atoms with Crippen molar-refractivity contribution in [3.8, 4) is 0 Å². The molecule has 0 radical (unpaired) electrons. The van der Waals surface area contributed by atoms with Crippen LogP contribution in [-0.4, -0.2) is 89.6 Å². The smallest absolute Gasteiger partial charge is 0.336 e. The summed E-state index contributed by atoms with van der Waals surface area (Å²) in [6, 6.07) is 0. The molecule has 2 atom stereocenters. The van der Waals surface area contributed by atoms with E-state index in [0.29, 0.717) is 38.5 Å². The van der Waals surface area contributed by atoms with E-state index in [9.17, 15) is 24.9 Å². The monoisotopic (exact) mass is 791 g/mol. The van der Waals surface area contributed by atoms with Crippen LogP contribution < -0.4 is 21.3 Å². The summed E-state index contributed by atoms with van der Waals surface area (Å²) in [6.45, 7) is 32.3. The Balaban J connectivity index is 2.15. The van der Waals surface area contributed by atoms with Gasteiger partial charge >= 0.3 is 23.9 Å². The largest absolute Gasteiger partial charge is 0.481 e. The Morgan fingerprint density at radius 3 is 1.18 bits per heavy atom. The fourth-order valence-corrected chi connectivity index (χ4v) is 13.9. The molecule has 4 rings (SSSR count). The van der Waals surface area contributed by atoms with Gasteiger partial charge in [0.05, 0.1) is 0 Å². The molecular formula is C44H78N4O8. The number of nitrogens with one attached hydrogen (secondary N) is 4. The molecule has 12 heteroatoms. The maximum atomic E-state index is 15.4. The van der Waals surface area contributed by atoms with E-state index in [2.05, 4.69) is 76.7 Å². The molecular weight excluding hydrogens is 713 g/mol. The number of hydrogen-bond acceptors (Lipinski definition) is 9. The number of carboxylic acid groups (broad SMARTS) is 3. The zero-order valence-corrected chi connectivity index (χ0v) is 37.6. The molecule has 0 spiro atoms. The average Bonchev–Trinajstić information content (AvgIpc) is 2.87. The van der Waals surface area contributed by atoms with Crippen LogP contribution in [0.2, 0.25) is 0 Å². The van der Waals surface area contributed by atoms with E-state index in [1.807, 2.05) is 55.4 Å². The predicted octanol–water partition coefficient (Wildman–Crippen LogP) is 6.74. The van der Waals surface area contributed by atoms with Crippen LogP contribution >= 0.6 is 0 Å². The van der Waals surface area contributed by atoms with E-state index >= 15 is 9.59 Å². The number of carboxylic acids is 3. The Morgan fingerprint density at radius 1 is 0.518 bits per heavy atom. The van der Waals surface area contributed by atoms with E-state index in [1.165, 1.54) is 0 Å². The van der Waals surface area contributed by atoms with Crippen molar-refractivity contribution in [3.05, 3.63) is 0 Å². The summed E-state index contributed by atoms with van der Waals surface area (Å²) in [6.07, 6.45) is 2.53.